The zero-order valence-corrected chi connectivity index (χ0v) is 11.0. The molecule has 4 heteroatoms. The summed E-state index contributed by atoms with van der Waals surface area (Å²) in [7, 11) is 1.28. The van der Waals surface area contributed by atoms with E-state index in [1.165, 1.54) is 13.2 Å². The Morgan fingerprint density at radius 2 is 2.00 bits per heavy atom. The minimum atomic E-state index is -0.556. The van der Waals surface area contributed by atoms with Crippen LogP contribution in [0.25, 0.3) is 0 Å². The van der Waals surface area contributed by atoms with E-state index >= 15 is 0 Å². The van der Waals surface area contributed by atoms with Crippen molar-refractivity contribution in [2.75, 3.05) is 7.11 Å². The Balaban J connectivity index is 2.19. The van der Waals surface area contributed by atoms with Crippen LogP contribution in [0.5, 0.6) is 0 Å². The third-order valence-electron chi connectivity index (χ3n) is 3.81. The van der Waals surface area contributed by atoms with Crippen LogP contribution in [0.15, 0.2) is 16.5 Å². The van der Waals surface area contributed by atoms with Gasteiger partial charge in [0, 0.05) is 5.92 Å². The molecule has 1 aliphatic rings. The van der Waals surface area contributed by atoms with Gasteiger partial charge in [-0.1, -0.05) is 20.3 Å². The lowest BCUT2D eigenvalue weighted by Crippen LogP contribution is -2.25. The van der Waals surface area contributed by atoms with Gasteiger partial charge in [-0.2, -0.15) is 0 Å². The van der Waals surface area contributed by atoms with Crippen LogP contribution in [0.2, 0.25) is 0 Å². The van der Waals surface area contributed by atoms with E-state index in [1.54, 1.807) is 6.07 Å². The van der Waals surface area contributed by atoms with Gasteiger partial charge in [-0.25, -0.2) is 4.79 Å². The summed E-state index contributed by atoms with van der Waals surface area (Å²) in [5.41, 5.74) is 0.00923. The molecule has 1 aliphatic carbocycles. The van der Waals surface area contributed by atoms with Gasteiger partial charge in [0.15, 0.2) is 5.76 Å². The molecular formula is C14H18O4. The van der Waals surface area contributed by atoms with Gasteiger partial charge in [-0.05, 0) is 30.4 Å². The molecule has 2 rings (SSSR count). The summed E-state index contributed by atoms with van der Waals surface area (Å²) in [6, 6.07) is 3.05. The number of hydrogen-bond donors (Lipinski definition) is 0. The molecule has 0 aromatic carbocycles. The van der Waals surface area contributed by atoms with E-state index in [4.69, 9.17) is 4.42 Å². The predicted octanol–water partition coefficient (Wildman–Crippen LogP) is 3.08. The number of Topliss-reactive ketones (excluding diaryl/α,β-unsaturated/α-hetero) is 1. The third kappa shape index (κ3) is 2.19. The van der Waals surface area contributed by atoms with Gasteiger partial charge in [-0.15, -0.1) is 0 Å². The Kier molecular flexibility index (Phi) is 3.28. The summed E-state index contributed by atoms with van der Waals surface area (Å²) in [6.45, 7) is 4.21. The van der Waals surface area contributed by atoms with Crippen LogP contribution in [-0.4, -0.2) is 18.9 Å². The molecule has 1 aromatic rings. The van der Waals surface area contributed by atoms with E-state index in [0.29, 0.717) is 0 Å². The topological polar surface area (TPSA) is 56.5 Å². The maximum atomic E-state index is 12.3. The molecule has 0 aliphatic heterocycles. The molecule has 1 atom stereocenters. The van der Waals surface area contributed by atoms with Crippen molar-refractivity contribution in [3.8, 4) is 0 Å². The Hall–Kier alpha value is -1.58. The van der Waals surface area contributed by atoms with Crippen LogP contribution in [-0.2, 0) is 4.74 Å². The molecule has 4 nitrogen and oxygen atoms in total. The lowest BCUT2D eigenvalue weighted by Gasteiger charge is -2.24. The summed E-state index contributed by atoms with van der Waals surface area (Å²) < 4.78 is 9.83. The van der Waals surface area contributed by atoms with E-state index in [-0.39, 0.29) is 28.6 Å². The molecule has 1 aromatic heterocycles. The molecular weight excluding hydrogens is 232 g/mol. The van der Waals surface area contributed by atoms with Crippen molar-refractivity contribution in [2.24, 2.45) is 11.3 Å². The molecule has 1 heterocycles. The summed E-state index contributed by atoms with van der Waals surface area (Å²) in [6.07, 6.45) is 3.00. The van der Waals surface area contributed by atoms with E-state index in [0.717, 1.165) is 19.3 Å². The second-order valence-electron chi connectivity index (χ2n) is 5.45. The van der Waals surface area contributed by atoms with Crippen LogP contribution in [0.4, 0.5) is 0 Å². The van der Waals surface area contributed by atoms with Crippen molar-refractivity contribution < 1.29 is 18.7 Å². The molecule has 0 N–H and O–H groups in total. The lowest BCUT2D eigenvalue weighted by molar-refractivity contribution is 0.0561. The number of carbonyl (C=O) groups is 2. The highest BCUT2D eigenvalue weighted by Gasteiger charge is 2.40. The first-order valence-corrected chi connectivity index (χ1v) is 6.18. The first-order valence-electron chi connectivity index (χ1n) is 6.18. The van der Waals surface area contributed by atoms with Crippen molar-refractivity contribution >= 4 is 11.8 Å². The van der Waals surface area contributed by atoms with E-state index < -0.39 is 5.97 Å². The number of rotatable bonds is 3. The van der Waals surface area contributed by atoms with Crippen LogP contribution in [0.3, 0.4) is 0 Å². The maximum Gasteiger partial charge on any atom is 0.373 e. The minimum Gasteiger partial charge on any atom is -0.463 e. The largest absolute Gasteiger partial charge is 0.463 e. The number of ketones is 1. The first kappa shape index (κ1) is 12.9. The van der Waals surface area contributed by atoms with Crippen molar-refractivity contribution in [1.29, 1.82) is 0 Å². The molecule has 98 valence electrons. The highest BCUT2D eigenvalue weighted by atomic mass is 16.5. The fourth-order valence-corrected chi connectivity index (χ4v) is 2.67. The average Bonchev–Trinajstić information content (AvgIpc) is 2.93. The second kappa shape index (κ2) is 4.59. The van der Waals surface area contributed by atoms with Crippen molar-refractivity contribution in [1.82, 2.24) is 0 Å². The standard InChI is InChI=1S/C14H18O4/c1-14(2)8-4-5-9(14)12(15)10-6-7-11(18-10)13(16)17-3/h6-7,9H,4-5,8H2,1-3H3. The number of esters is 1. The number of hydrogen-bond acceptors (Lipinski definition) is 4. The van der Waals surface area contributed by atoms with Gasteiger partial charge in [0.05, 0.1) is 7.11 Å². The monoisotopic (exact) mass is 250 g/mol. The first-order chi connectivity index (χ1) is 8.45. The van der Waals surface area contributed by atoms with Crippen molar-refractivity contribution in [2.45, 2.75) is 33.1 Å². The number of furan rings is 1. The lowest BCUT2D eigenvalue weighted by atomic mass is 9.79. The normalized spacial score (nSPS) is 21.8. The molecule has 1 saturated carbocycles. The predicted molar refractivity (Wildman–Crippen MR) is 65.5 cm³/mol. The zero-order chi connectivity index (χ0) is 13.3. The van der Waals surface area contributed by atoms with Gasteiger partial charge < -0.3 is 9.15 Å². The van der Waals surface area contributed by atoms with Gasteiger partial charge in [0.2, 0.25) is 11.5 Å². The quantitative estimate of drug-likeness (QED) is 0.611. The van der Waals surface area contributed by atoms with Gasteiger partial charge in [-0.3, -0.25) is 4.79 Å². The number of carbonyl (C=O) groups excluding carboxylic acids is 2. The molecule has 0 amide bonds. The van der Waals surface area contributed by atoms with Crippen LogP contribution in [0.1, 0.15) is 54.2 Å². The Morgan fingerprint density at radius 1 is 1.33 bits per heavy atom. The van der Waals surface area contributed by atoms with Crippen molar-refractivity contribution in [3.63, 3.8) is 0 Å². The van der Waals surface area contributed by atoms with Gasteiger partial charge in [0.25, 0.3) is 0 Å². The zero-order valence-electron chi connectivity index (χ0n) is 11.0. The van der Waals surface area contributed by atoms with E-state index in [1.807, 2.05) is 0 Å². The van der Waals surface area contributed by atoms with Crippen molar-refractivity contribution in [3.05, 3.63) is 23.7 Å². The molecule has 0 spiro atoms. The molecule has 0 bridgehead atoms. The molecule has 1 unspecified atom stereocenters. The summed E-state index contributed by atoms with van der Waals surface area (Å²) in [4.78, 5) is 23.6. The van der Waals surface area contributed by atoms with Crippen LogP contribution < -0.4 is 0 Å². The fourth-order valence-electron chi connectivity index (χ4n) is 2.67. The smallest absolute Gasteiger partial charge is 0.373 e. The maximum absolute atomic E-state index is 12.3. The van der Waals surface area contributed by atoms with E-state index in [2.05, 4.69) is 18.6 Å². The Bertz CT molecular complexity index is 470. The summed E-state index contributed by atoms with van der Waals surface area (Å²) >= 11 is 0. The highest BCUT2D eigenvalue weighted by Crippen LogP contribution is 2.44. The third-order valence-corrected chi connectivity index (χ3v) is 3.81. The summed E-state index contributed by atoms with van der Waals surface area (Å²) in [5, 5.41) is 0. The molecule has 0 saturated heterocycles. The minimum absolute atomic E-state index is 0.00680. The Labute approximate surface area is 106 Å². The average molecular weight is 250 g/mol. The Morgan fingerprint density at radius 3 is 2.56 bits per heavy atom. The second-order valence-corrected chi connectivity index (χ2v) is 5.45. The van der Waals surface area contributed by atoms with E-state index in [9.17, 15) is 9.59 Å². The SMILES string of the molecule is COC(=O)c1ccc(C(=O)C2CCCC2(C)C)o1. The summed E-state index contributed by atoms with van der Waals surface area (Å²) in [5.74, 6) is -0.242. The molecule has 1 fully saturated rings. The van der Waals surface area contributed by atoms with Gasteiger partial charge in [0.1, 0.15) is 0 Å². The van der Waals surface area contributed by atoms with Gasteiger partial charge >= 0.3 is 5.97 Å². The molecule has 18 heavy (non-hydrogen) atoms. The van der Waals surface area contributed by atoms with Crippen LogP contribution in [0, 0.1) is 11.3 Å². The molecule has 0 radical (unpaired) electrons. The number of ether oxygens (including phenoxy) is 1. The number of methoxy groups -OCH3 is 1. The fraction of sp³-hybridized carbons (Fsp3) is 0.571. The highest BCUT2D eigenvalue weighted by molar-refractivity contribution is 5.97. The van der Waals surface area contributed by atoms with Crippen LogP contribution >= 0.6 is 0 Å².